The van der Waals surface area contributed by atoms with Crippen LogP contribution in [0.2, 0.25) is 0 Å². The van der Waals surface area contributed by atoms with E-state index in [9.17, 15) is 0 Å². The summed E-state index contributed by atoms with van der Waals surface area (Å²) in [6, 6.07) is 4.85. The summed E-state index contributed by atoms with van der Waals surface area (Å²) in [5.74, 6) is 0.849. The Morgan fingerprint density at radius 2 is 2.38 bits per heavy atom. The summed E-state index contributed by atoms with van der Waals surface area (Å²) in [6.07, 6.45) is 6.44. The predicted molar refractivity (Wildman–Crippen MR) is 58.0 cm³/mol. The van der Waals surface area contributed by atoms with Crippen molar-refractivity contribution in [3.63, 3.8) is 0 Å². The molecule has 1 saturated carbocycles. The fraction of sp³-hybridized carbons (Fsp3) is 0.636. The van der Waals surface area contributed by atoms with Crippen LogP contribution >= 0.6 is 11.3 Å². The van der Waals surface area contributed by atoms with Gasteiger partial charge in [0, 0.05) is 10.9 Å². The van der Waals surface area contributed by atoms with Gasteiger partial charge in [-0.1, -0.05) is 12.5 Å². The molecule has 2 rings (SSSR count). The minimum absolute atomic E-state index is 0.471. The van der Waals surface area contributed by atoms with Crippen molar-refractivity contribution in [3.8, 4) is 0 Å². The zero-order valence-electron chi connectivity index (χ0n) is 7.91. The van der Waals surface area contributed by atoms with Crippen LogP contribution in [-0.2, 0) is 6.42 Å². The van der Waals surface area contributed by atoms with Gasteiger partial charge in [-0.05, 0) is 43.0 Å². The molecule has 0 aliphatic heterocycles. The van der Waals surface area contributed by atoms with E-state index in [-0.39, 0.29) is 0 Å². The SMILES string of the molecule is NC1CCCC(Cc2cccs2)C1. The Morgan fingerprint density at radius 3 is 3.08 bits per heavy atom. The monoisotopic (exact) mass is 195 g/mol. The zero-order chi connectivity index (χ0) is 9.10. The third kappa shape index (κ3) is 2.55. The summed E-state index contributed by atoms with van der Waals surface area (Å²) < 4.78 is 0. The first-order valence-electron chi connectivity index (χ1n) is 5.12. The van der Waals surface area contributed by atoms with E-state index in [2.05, 4.69) is 17.5 Å². The molecule has 1 aromatic rings. The average Bonchev–Trinajstić information content (AvgIpc) is 2.57. The highest BCUT2D eigenvalue weighted by Gasteiger charge is 2.19. The molecule has 0 bridgehead atoms. The fourth-order valence-electron chi connectivity index (χ4n) is 2.23. The molecule has 1 aliphatic rings. The lowest BCUT2D eigenvalue weighted by molar-refractivity contribution is 0.322. The highest BCUT2D eigenvalue weighted by molar-refractivity contribution is 7.09. The van der Waals surface area contributed by atoms with Gasteiger partial charge < -0.3 is 5.73 Å². The Morgan fingerprint density at radius 1 is 1.46 bits per heavy atom. The summed E-state index contributed by atoms with van der Waals surface area (Å²) in [4.78, 5) is 1.53. The smallest absolute Gasteiger partial charge is 0.00479 e. The first-order valence-corrected chi connectivity index (χ1v) is 6.00. The van der Waals surface area contributed by atoms with Crippen molar-refractivity contribution in [3.05, 3.63) is 22.4 Å². The van der Waals surface area contributed by atoms with Crippen LogP contribution < -0.4 is 5.73 Å². The minimum atomic E-state index is 0.471. The highest BCUT2D eigenvalue weighted by Crippen LogP contribution is 2.27. The zero-order valence-corrected chi connectivity index (χ0v) is 8.72. The minimum Gasteiger partial charge on any atom is -0.328 e. The van der Waals surface area contributed by atoms with Crippen LogP contribution in [0, 0.1) is 5.92 Å². The van der Waals surface area contributed by atoms with Crippen molar-refractivity contribution >= 4 is 11.3 Å². The molecule has 2 N–H and O–H groups in total. The maximum atomic E-state index is 5.96. The van der Waals surface area contributed by atoms with Gasteiger partial charge in [-0.15, -0.1) is 11.3 Å². The van der Waals surface area contributed by atoms with E-state index in [0.29, 0.717) is 6.04 Å². The molecule has 1 heterocycles. The molecular weight excluding hydrogens is 178 g/mol. The number of hydrogen-bond donors (Lipinski definition) is 1. The van der Waals surface area contributed by atoms with E-state index < -0.39 is 0 Å². The fourth-order valence-corrected chi connectivity index (χ4v) is 3.05. The molecule has 0 spiro atoms. The van der Waals surface area contributed by atoms with E-state index in [1.807, 2.05) is 11.3 Å². The van der Waals surface area contributed by atoms with Crippen molar-refractivity contribution in [1.82, 2.24) is 0 Å². The summed E-state index contributed by atoms with van der Waals surface area (Å²) in [6.45, 7) is 0. The van der Waals surface area contributed by atoms with Gasteiger partial charge in [-0.3, -0.25) is 0 Å². The molecule has 1 nitrogen and oxygen atoms in total. The van der Waals surface area contributed by atoms with Gasteiger partial charge in [0.2, 0.25) is 0 Å². The van der Waals surface area contributed by atoms with E-state index in [0.717, 1.165) is 5.92 Å². The predicted octanol–water partition coefficient (Wildman–Crippen LogP) is 2.81. The lowest BCUT2D eigenvalue weighted by atomic mass is 9.84. The van der Waals surface area contributed by atoms with Gasteiger partial charge in [0.1, 0.15) is 0 Å². The largest absolute Gasteiger partial charge is 0.328 e. The molecule has 0 amide bonds. The van der Waals surface area contributed by atoms with Crippen LogP contribution in [0.3, 0.4) is 0 Å². The number of hydrogen-bond acceptors (Lipinski definition) is 2. The van der Waals surface area contributed by atoms with Crippen LogP contribution in [-0.4, -0.2) is 6.04 Å². The number of rotatable bonds is 2. The maximum absolute atomic E-state index is 5.96. The van der Waals surface area contributed by atoms with Crippen LogP contribution in [0.4, 0.5) is 0 Å². The lowest BCUT2D eigenvalue weighted by Gasteiger charge is -2.26. The molecule has 72 valence electrons. The Hall–Kier alpha value is -0.340. The van der Waals surface area contributed by atoms with Crippen molar-refractivity contribution in [2.75, 3.05) is 0 Å². The summed E-state index contributed by atoms with van der Waals surface area (Å²) in [5, 5.41) is 2.16. The van der Waals surface area contributed by atoms with Gasteiger partial charge in [-0.25, -0.2) is 0 Å². The summed E-state index contributed by atoms with van der Waals surface area (Å²) in [5.41, 5.74) is 5.96. The standard InChI is InChI=1S/C11H17NS/c12-10-4-1-3-9(7-10)8-11-5-2-6-13-11/h2,5-6,9-10H,1,3-4,7-8,12H2. The number of nitrogens with two attached hydrogens (primary N) is 1. The van der Waals surface area contributed by atoms with Gasteiger partial charge in [0.25, 0.3) is 0 Å². The molecule has 1 aliphatic carbocycles. The molecule has 2 unspecified atom stereocenters. The Kier molecular flexibility index (Phi) is 3.01. The van der Waals surface area contributed by atoms with Crippen molar-refractivity contribution in [2.24, 2.45) is 11.7 Å². The first kappa shape index (κ1) is 9.22. The van der Waals surface area contributed by atoms with Gasteiger partial charge >= 0.3 is 0 Å². The van der Waals surface area contributed by atoms with E-state index in [1.54, 1.807) is 0 Å². The topological polar surface area (TPSA) is 26.0 Å². The molecule has 0 radical (unpaired) electrons. The number of thiophene rings is 1. The van der Waals surface area contributed by atoms with Crippen LogP contribution in [0.1, 0.15) is 30.6 Å². The van der Waals surface area contributed by atoms with Gasteiger partial charge in [-0.2, -0.15) is 0 Å². The maximum Gasteiger partial charge on any atom is 0.00479 e. The third-order valence-electron chi connectivity index (χ3n) is 2.89. The second-order valence-corrected chi connectivity index (χ2v) is 5.11. The van der Waals surface area contributed by atoms with Crippen molar-refractivity contribution < 1.29 is 0 Å². The quantitative estimate of drug-likeness (QED) is 0.771. The lowest BCUT2D eigenvalue weighted by Crippen LogP contribution is -2.28. The Bertz CT molecular complexity index is 243. The van der Waals surface area contributed by atoms with E-state index in [1.165, 1.54) is 37.0 Å². The van der Waals surface area contributed by atoms with Crippen LogP contribution in [0.15, 0.2) is 17.5 Å². The molecule has 0 aromatic carbocycles. The van der Waals surface area contributed by atoms with Crippen LogP contribution in [0.25, 0.3) is 0 Å². The Labute approximate surface area is 84.0 Å². The molecule has 2 heteroatoms. The normalized spacial score (nSPS) is 29.0. The van der Waals surface area contributed by atoms with E-state index >= 15 is 0 Å². The molecule has 0 saturated heterocycles. The van der Waals surface area contributed by atoms with Crippen molar-refractivity contribution in [1.29, 1.82) is 0 Å². The summed E-state index contributed by atoms with van der Waals surface area (Å²) in [7, 11) is 0. The molecule has 2 atom stereocenters. The molecule has 13 heavy (non-hydrogen) atoms. The molecular formula is C11H17NS. The average molecular weight is 195 g/mol. The van der Waals surface area contributed by atoms with Crippen molar-refractivity contribution in [2.45, 2.75) is 38.1 Å². The third-order valence-corrected chi connectivity index (χ3v) is 3.79. The second kappa shape index (κ2) is 4.25. The summed E-state index contributed by atoms with van der Waals surface area (Å²) >= 11 is 1.88. The van der Waals surface area contributed by atoms with E-state index in [4.69, 9.17) is 5.73 Å². The first-order chi connectivity index (χ1) is 6.34. The molecule has 1 fully saturated rings. The van der Waals surface area contributed by atoms with Gasteiger partial charge in [0.05, 0.1) is 0 Å². The highest BCUT2D eigenvalue weighted by atomic mass is 32.1. The van der Waals surface area contributed by atoms with Crippen LogP contribution in [0.5, 0.6) is 0 Å². The molecule has 1 aromatic heterocycles. The van der Waals surface area contributed by atoms with Gasteiger partial charge in [0.15, 0.2) is 0 Å². The second-order valence-electron chi connectivity index (χ2n) is 4.08. The Balaban J connectivity index is 1.87.